The van der Waals surface area contributed by atoms with Crippen LogP contribution in [0.1, 0.15) is 30.6 Å². The number of nitrogens with two attached hydrogens (primary N) is 1. The number of nitriles is 1. The van der Waals surface area contributed by atoms with Gasteiger partial charge in [-0.2, -0.15) is 5.26 Å². The molecule has 0 unspecified atom stereocenters. The fourth-order valence-electron chi connectivity index (χ4n) is 2.66. The molecule has 7 heteroatoms. The van der Waals surface area contributed by atoms with Gasteiger partial charge in [-0.25, -0.2) is 8.42 Å². The van der Waals surface area contributed by atoms with Gasteiger partial charge in [-0.3, -0.25) is 0 Å². The van der Waals surface area contributed by atoms with Gasteiger partial charge in [-0.1, -0.05) is 0 Å². The van der Waals surface area contributed by atoms with Crippen molar-refractivity contribution < 1.29 is 8.42 Å². The molecule has 0 amide bonds. The minimum Gasteiger partial charge on any atom is -0.396 e. The van der Waals surface area contributed by atoms with Crippen LogP contribution >= 0.6 is 11.3 Å². The summed E-state index contributed by atoms with van der Waals surface area (Å²) in [5.41, 5.74) is 5.92. The molecule has 0 atom stereocenters. The zero-order valence-electron chi connectivity index (χ0n) is 11.2. The molecule has 2 aliphatic rings. The first-order valence-electron chi connectivity index (χ1n) is 6.70. The standard InChI is InChI=1S/C13H17N3O2S2/c1-20(17,18)12-10(15)9(6-14)19-13(12)16-11(7-2-3-7)8-4-5-8/h7-8,11,16H,2-5,15H2,1H3. The van der Waals surface area contributed by atoms with Crippen molar-refractivity contribution in [1.29, 1.82) is 5.26 Å². The van der Waals surface area contributed by atoms with E-state index in [1.54, 1.807) is 0 Å². The van der Waals surface area contributed by atoms with Gasteiger partial charge in [0.15, 0.2) is 9.84 Å². The lowest BCUT2D eigenvalue weighted by molar-refractivity contribution is 0.567. The molecule has 0 aromatic carbocycles. The van der Waals surface area contributed by atoms with Gasteiger partial charge in [0.05, 0.1) is 5.69 Å². The van der Waals surface area contributed by atoms with E-state index in [9.17, 15) is 8.42 Å². The van der Waals surface area contributed by atoms with Crippen LogP contribution < -0.4 is 11.1 Å². The first-order chi connectivity index (χ1) is 9.41. The van der Waals surface area contributed by atoms with E-state index in [0.717, 1.165) is 17.6 Å². The smallest absolute Gasteiger partial charge is 0.180 e. The normalized spacial score (nSPS) is 19.1. The third kappa shape index (κ3) is 2.50. The van der Waals surface area contributed by atoms with Crippen molar-refractivity contribution >= 4 is 31.9 Å². The maximum atomic E-state index is 11.9. The van der Waals surface area contributed by atoms with Gasteiger partial charge >= 0.3 is 0 Å². The Morgan fingerprint density at radius 3 is 2.30 bits per heavy atom. The number of thiophene rings is 1. The van der Waals surface area contributed by atoms with Crippen molar-refractivity contribution in [3.63, 3.8) is 0 Å². The van der Waals surface area contributed by atoms with Crippen molar-refractivity contribution in [3.05, 3.63) is 4.88 Å². The largest absolute Gasteiger partial charge is 0.396 e. The Morgan fingerprint density at radius 2 is 1.90 bits per heavy atom. The summed E-state index contributed by atoms with van der Waals surface area (Å²) < 4.78 is 23.9. The first kappa shape index (κ1) is 13.7. The summed E-state index contributed by atoms with van der Waals surface area (Å²) in [7, 11) is -3.44. The highest BCUT2D eigenvalue weighted by molar-refractivity contribution is 7.91. The second kappa shape index (κ2) is 4.64. The molecule has 0 radical (unpaired) electrons. The molecule has 108 valence electrons. The lowest BCUT2D eigenvalue weighted by Gasteiger charge is -2.18. The summed E-state index contributed by atoms with van der Waals surface area (Å²) in [5.74, 6) is 1.28. The molecule has 2 fully saturated rings. The van der Waals surface area contributed by atoms with E-state index in [1.165, 1.54) is 25.7 Å². The molecular formula is C13H17N3O2S2. The molecule has 1 heterocycles. The van der Waals surface area contributed by atoms with E-state index in [1.807, 2.05) is 6.07 Å². The molecule has 3 rings (SSSR count). The van der Waals surface area contributed by atoms with E-state index in [-0.39, 0.29) is 15.5 Å². The second-order valence-corrected chi connectivity index (χ2v) is 8.71. The van der Waals surface area contributed by atoms with E-state index in [4.69, 9.17) is 11.0 Å². The number of hydrogen-bond acceptors (Lipinski definition) is 6. The van der Waals surface area contributed by atoms with Crippen molar-refractivity contribution in [1.82, 2.24) is 0 Å². The highest BCUT2D eigenvalue weighted by atomic mass is 32.2. The summed E-state index contributed by atoms with van der Waals surface area (Å²) in [5, 5.41) is 13.0. The zero-order valence-corrected chi connectivity index (χ0v) is 12.9. The number of sulfone groups is 1. The molecule has 0 bridgehead atoms. The first-order valence-corrected chi connectivity index (χ1v) is 9.41. The molecule has 3 N–H and O–H groups in total. The molecule has 0 aliphatic heterocycles. The predicted octanol–water partition coefficient (Wildman–Crippen LogP) is 2.21. The summed E-state index contributed by atoms with van der Waals surface area (Å²) in [6, 6.07) is 2.31. The summed E-state index contributed by atoms with van der Waals surface area (Å²) in [6.45, 7) is 0. The maximum Gasteiger partial charge on any atom is 0.180 e. The van der Waals surface area contributed by atoms with Crippen LogP contribution in [0.5, 0.6) is 0 Å². The van der Waals surface area contributed by atoms with Gasteiger partial charge in [0.2, 0.25) is 0 Å². The van der Waals surface area contributed by atoms with E-state index >= 15 is 0 Å². The Balaban J connectivity index is 1.98. The van der Waals surface area contributed by atoms with Gasteiger partial charge in [-0.05, 0) is 37.5 Å². The lowest BCUT2D eigenvalue weighted by atomic mass is 10.1. The van der Waals surface area contributed by atoms with E-state index in [2.05, 4.69) is 5.32 Å². The zero-order chi connectivity index (χ0) is 14.5. The van der Waals surface area contributed by atoms with Crippen LogP contribution in [0, 0.1) is 23.2 Å². The number of anilines is 2. The van der Waals surface area contributed by atoms with E-state index < -0.39 is 9.84 Å². The Kier molecular flexibility index (Phi) is 3.18. The average Bonchev–Trinajstić information content (AvgIpc) is 3.23. The quantitative estimate of drug-likeness (QED) is 0.869. The molecule has 2 aliphatic carbocycles. The SMILES string of the molecule is CS(=O)(=O)c1c(NC(C2CC2)C2CC2)sc(C#N)c1N. The van der Waals surface area contributed by atoms with Crippen molar-refractivity contribution in [2.75, 3.05) is 17.3 Å². The number of nitrogens with one attached hydrogen (secondary N) is 1. The molecule has 2 saturated carbocycles. The Labute approximate surface area is 122 Å². The monoisotopic (exact) mass is 311 g/mol. The number of nitrogens with zero attached hydrogens (tertiary/aromatic N) is 1. The minimum absolute atomic E-state index is 0.0906. The van der Waals surface area contributed by atoms with Crippen LogP contribution in [0.4, 0.5) is 10.7 Å². The van der Waals surface area contributed by atoms with Crippen LogP contribution in [0.3, 0.4) is 0 Å². The number of rotatable bonds is 5. The van der Waals surface area contributed by atoms with Crippen LogP contribution in [-0.4, -0.2) is 20.7 Å². The van der Waals surface area contributed by atoms with Gasteiger partial charge in [0.25, 0.3) is 0 Å². The topological polar surface area (TPSA) is 96.0 Å². The molecule has 1 aromatic heterocycles. The fraction of sp³-hybridized carbons (Fsp3) is 0.615. The molecule has 5 nitrogen and oxygen atoms in total. The number of nitrogen functional groups attached to an aromatic ring is 1. The van der Waals surface area contributed by atoms with Crippen molar-refractivity contribution in [3.8, 4) is 6.07 Å². The van der Waals surface area contributed by atoms with Crippen molar-refractivity contribution in [2.24, 2.45) is 11.8 Å². The van der Waals surface area contributed by atoms with E-state index in [0.29, 0.717) is 22.9 Å². The van der Waals surface area contributed by atoms with Crippen LogP contribution in [-0.2, 0) is 9.84 Å². The molecule has 0 spiro atoms. The third-order valence-electron chi connectivity index (χ3n) is 3.93. The minimum atomic E-state index is -3.44. The maximum absolute atomic E-state index is 11.9. The molecule has 20 heavy (non-hydrogen) atoms. The third-order valence-corrected chi connectivity index (χ3v) is 6.27. The summed E-state index contributed by atoms with van der Waals surface area (Å²) >= 11 is 1.16. The van der Waals surface area contributed by atoms with Crippen LogP contribution in [0.15, 0.2) is 4.90 Å². The van der Waals surface area contributed by atoms with Crippen LogP contribution in [0.2, 0.25) is 0 Å². The van der Waals surface area contributed by atoms with Gasteiger partial charge in [0, 0.05) is 12.3 Å². The number of hydrogen-bond donors (Lipinski definition) is 2. The molecular weight excluding hydrogens is 294 g/mol. The second-order valence-electron chi connectivity index (χ2n) is 5.73. The highest BCUT2D eigenvalue weighted by Gasteiger charge is 2.42. The molecule has 1 aromatic rings. The predicted molar refractivity (Wildman–Crippen MR) is 79.4 cm³/mol. The Hall–Kier alpha value is -1.26. The van der Waals surface area contributed by atoms with Gasteiger partial charge in [-0.15, -0.1) is 11.3 Å². The summed E-state index contributed by atoms with van der Waals surface area (Å²) in [4.78, 5) is 0.378. The summed E-state index contributed by atoms with van der Waals surface area (Å²) in [6.07, 6.45) is 5.95. The van der Waals surface area contributed by atoms with Gasteiger partial charge < -0.3 is 11.1 Å². The lowest BCUT2D eigenvalue weighted by Crippen LogP contribution is -2.24. The fourth-order valence-corrected chi connectivity index (χ4v) is 5.06. The molecule has 0 saturated heterocycles. The average molecular weight is 311 g/mol. The highest BCUT2D eigenvalue weighted by Crippen LogP contribution is 2.48. The Morgan fingerprint density at radius 1 is 1.35 bits per heavy atom. The van der Waals surface area contributed by atoms with Crippen molar-refractivity contribution in [2.45, 2.75) is 36.6 Å². The Bertz CT molecular complexity index is 667. The van der Waals surface area contributed by atoms with Crippen LogP contribution in [0.25, 0.3) is 0 Å². The van der Waals surface area contributed by atoms with Gasteiger partial charge in [0.1, 0.15) is 20.8 Å².